The summed E-state index contributed by atoms with van der Waals surface area (Å²) in [6, 6.07) is 15.1. The number of rotatable bonds is 3. The molecule has 0 radical (unpaired) electrons. The van der Waals surface area contributed by atoms with Gasteiger partial charge in [0.1, 0.15) is 5.75 Å². The second kappa shape index (κ2) is 6.15. The average molecular weight is 346 g/mol. The van der Waals surface area contributed by atoms with Crippen LogP contribution in [0.3, 0.4) is 0 Å². The maximum atomic E-state index is 12.6. The Kier molecular flexibility index (Phi) is 3.80. The van der Waals surface area contributed by atoms with E-state index in [-0.39, 0.29) is 5.91 Å². The Balaban J connectivity index is 1.74. The lowest BCUT2D eigenvalue weighted by atomic mass is 10.1. The lowest BCUT2D eigenvalue weighted by Crippen LogP contribution is -2.12. The van der Waals surface area contributed by atoms with Gasteiger partial charge in [-0.25, -0.2) is 9.67 Å². The van der Waals surface area contributed by atoms with Crippen LogP contribution in [0, 0.1) is 6.92 Å². The highest BCUT2D eigenvalue weighted by molar-refractivity contribution is 6.08. The van der Waals surface area contributed by atoms with Crippen LogP contribution in [-0.2, 0) is 7.05 Å². The molecule has 0 saturated carbocycles. The molecule has 0 aliphatic carbocycles. The average Bonchev–Trinajstić information content (AvgIpc) is 2.94. The van der Waals surface area contributed by atoms with Crippen molar-refractivity contribution in [2.45, 2.75) is 6.92 Å². The second-order valence-corrected chi connectivity index (χ2v) is 6.21. The van der Waals surface area contributed by atoms with Gasteiger partial charge in [-0.3, -0.25) is 4.79 Å². The lowest BCUT2D eigenvalue weighted by molar-refractivity contribution is 0.102. The van der Waals surface area contributed by atoms with Gasteiger partial charge in [-0.05, 0) is 49.4 Å². The van der Waals surface area contributed by atoms with Crippen LogP contribution in [0.2, 0.25) is 0 Å². The normalized spacial score (nSPS) is 11.0. The minimum absolute atomic E-state index is 0.225. The second-order valence-electron chi connectivity index (χ2n) is 6.21. The van der Waals surface area contributed by atoms with Crippen molar-refractivity contribution in [3.8, 4) is 5.75 Å². The minimum Gasteiger partial charge on any atom is -0.497 e. The van der Waals surface area contributed by atoms with Crippen LogP contribution in [0.1, 0.15) is 15.9 Å². The molecule has 6 heteroatoms. The molecule has 0 aliphatic heterocycles. The quantitative estimate of drug-likeness (QED) is 0.614. The molecular weight excluding hydrogens is 328 g/mol. The van der Waals surface area contributed by atoms with E-state index in [1.54, 1.807) is 36.1 Å². The van der Waals surface area contributed by atoms with Gasteiger partial charge in [0.05, 0.1) is 18.0 Å². The zero-order valence-electron chi connectivity index (χ0n) is 14.8. The van der Waals surface area contributed by atoms with Gasteiger partial charge < -0.3 is 10.1 Å². The number of amides is 1. The number of aryl methyl sites for hydroxylation is 2. The molecule has 0 aliphatic rings. The number of nitrogens with zero attached hydrogens (tertiary/aromatic N) is 3. The Morgan fingerprint density at radius 3 is 2.62 bits per heavy atom. The molecule has 1 amide bonds. The van der Waals surface area contributed by atoms with E-state index in [1.165, 1.54) is 0 Å². The largest absolute Gasteiger partial charge is 0.497 e. The van der Waals surface area contributed by atoms with Crippen molar-refractivity contribution < 1.29 is 9.53 Å². The third-order valence-corrected chi connectivity index (χ3v) is 4.35. The van der Waals surface area contributed by atoms with Gasteiger partial charge >= 0.3 is 0 Å². The maximum Gasteiger partial charge on any atom is 0.256 e. The van der Waals surface area contributed by atoms with Crippen LogP contribution in [-0.4, -0.2) is 27.8 Å². The van der Waals surface area contributed by atoms with Gasteiger partial charge in [0, 0.05) is 18.0 Å². The third-order valence-electron chi connectivity index (χ3n) is 4.35. The van der Waals surface area contributed by atoms with Gasteiger partial charge in [0.2, 0.25) is 0 Å². The molecule has 0 spiro atoms. The first kappa shape index (κ1) is 16.1. The van der Waals surface area contributed by atoms with Crippen molar-refractivity contribution in [2.24, 2.45) is 7.05 Å². The number of methoxy groups -OCH3 is 1. The van der Waals surface area contributed by atoms with Crippen LogP contribution >= 0.6 is 0 Å². The Hall–Kier alpha value is -3.41. The summed E-state index contributed by atoms with van der Waals surface area (Å²) in [5, 5.41) is 9.15. The maximum absolute atomic E-state index is 12.6. The van der Waals surface area contributed by atoms with Gasteiger partial charge in [-0.1, -0.05) is 11.6 Å². The van der Waals surface area contributed by atoms with Crippen molar-refractivity contribution in [1.29, 1.82) is 0 Å². The summed E-state index contributed by atoms with van der Waals surface area (Å²) in [4.78, 5) is 17.2. The van der Waals surface area contributed by atoms with Crippen molar-refractivity contribution in [3.05, 3.63) is 59.7 Å². The van der Waals surface area contributed by atoms with Crippen LogP contribution < -0.4 is 10.1 Å². The zero-order valence-corrected chi connectivity index (χ0v) is 14.8. The highest BCUT2D eigenvalue weighted by Gasteiger charge is 2.15. The molecule has 1 N–H and O–H groups in total. The standard InChI is InChI=1S/C20H18N4O2/c1-12-4-9-17-14(10-12)11-16-18(23-24(2)19(16)21-17)22-20(25)13-5-7-15(26-3)8-6-13/h4-11H,1-3H3,(H,22,23,25). The minimum atomic E-state index is -0.225. The molecule has 130 valence electrons. The van der Waals surface area contributed by atoms with E-state index in [1.807, 2.05) is 32.2 Å². The molecule has 2 heterocycles. The third kappa shape index (κ3) is 2.75. The van der Waals surface area contributed by atoms with Crippen molar-refractivity contribution in [3.63, 3.8) is 0 Å². The highest BCUT2D eigenvalue weighted by Crippen LogP contribution is 2.26. The number of pyridine rings is 1. The van der Waals surface area contributed by atoms with Gasteiger partial charge in [0.25, 0.3) is 5.91 Å². The van der Waals surface area contributed by atoms with E-state index in [0.29, 0.717) is 17.1 Å². The number of hydrogen-bond acceptors (Lipinski definition) is 4. The monoisotopic (exact) mass is 346 g/mol. The molecule has 0 fully saturated rings. The van der Waals surface area contributed by atoms with E-state index in [2.05, 4.69) is 21.5 Å². The first-order valence-electron chi connectivity index (χ1n) is 8.24. The Morgan fingerprint density at radius 2 is 1.88 bits per heavy atom. The number of fused-ring (bicyclic) bond motifs is 2. The molecule has 26 heavy (non-hydrogen) atoms. The molecule has 0 bridgehead atoms. The first-order valence-corrected chi connectivity index (χ1v) is 8.24. The summed E-state index contributed by atoms with van der Waals surface area (Å²) in [5.41, 5.74) is 3.33. The first-order chi connectivity index (χ1) is 12.5. The SMILES string of the molecule is COc1ccc(C(=O)Nc2nn(C)c3nc4ccc(C)cc4cc23)cc1. The number of nitrogens with one attached hydrogen (secondary N) is 1. The molecule has 0 atom stereocenters. The molecule has 6 nitrogen and oxygen atoms in total. The summed E-state index contributed by atoms with van der Waals surface area (Å²) in [5.74, 6) is 0.979. The van der Waals surface area contributed by atoms with Crippen LogP contribution in [0.5, 0.6) is 5.75 Å². The van der Waals surface area contributed by atoms with E-state index in [4.69, 9.17) is 4.74 Å². The van der Waals surface area contributed by atoms with E-state index < -0.39 is 0 Å². The molecule has 4 aromatic rings. The molecule has 2 aromatic carbocycles. The smallest absolute Gasteiger partial charge is 0.256 e. The lowest BCUT2D eigenvalue weighted by Gasteiger charge is -2.04. The Morgan fingerprint density at radius 1 is 1.12 bits per heavy atom. The number of hydrogen-bond donors (Lipinski definition) is 1. The summed E-state index contributed by atoms with van der Waals surface area (Å²) < 4.78 is 6.80. The fourth-order valence-corrected chi connectivity index (χ4v) is 2.97. The predicted molar refractivity (Wildman–Crippen MR) is 102 cm³/mol. The van der Waals surface area contributed by atoms with Crippen LogP contribution in [0.15, 0.2) is 48.5 Å². The van der Waals surface area contributed by atoms with E-state index >= 15 is 0 Å². The molecule has 2 aromatic heterocycles. The van der Waals surface area contributed by atoms with Crippen molar-refractivity contribution in [1.82, 2.24) is 14.8 Å². The van der Waals surface area contributed by atoms with Gasteiger partial charge in [0.15, 0.2) is 11.5 Å². The molecule has 4 rings (SSSR count). The highest BCUT2D eigenvalue weighted by atomic mass is 16.5. The summed E-state index contributed by atoms with van der Waals surface area (Å²) in [7, 11) is 3.41. The van der Waals surface area contributed by atoms with Crippen LogP contribution in [0.4, 0.5) is 5.82 Å². The number of carbonyl (C=O) groups excluding carboxylic acids is 1. The Bertz CT molecular complexity index is 1130. The van der Waals surface area contributed by atoms with Crippen molar-refractivity contribution in [2.75, 3.05) is 12.4 Å². The van der Waals surface area contributed by atoms with Crippen molar-refractivity contribution >= 4 is 33.7 Å². The Labute approximate surface area is 150 Å². The van der Waals surface area contributed by atoms with E-state index in [9.17, 15) is 4.79 Å². The van der Waals surface area contributed by atoms with Gasteiger partial charge in [-0.2, -0.15) is 5.10 Å². The van der Waals surface area contributed by atoms with E-state index in [0.717, 1.165) is 27.5 Å². The molecule has 0 saturated heterocycles. The fourth-order valence-electron chi connectivity index (χ4n) is 2.97. The molecular formula is C20H18N4O2. The fraction of sp³-hybridized carbons (Fsp3) is 0.150. The summed E-state index contributed by atoms with van der Waals surface area (Å²) >= 11 is 0. The number of anilines is 1. The summed E-state index contributed by atoms with van der Waals surface area (Å²) in [6.45, 7) is 2.04. The molecule has 0 unspecified atom stereocenters. The number of aromatic nitrogens is 3. The number of carbonyl (C=O) groups is 1. The predicted octanol–water partition coefficient (Wildman–Crippen LogP) is 3.69. The van der Waals surface area contributed by atoms with Crippen LogP contribution in [0.25, 0.3) is 21.9 Å². The van der Waals surface area contributed by atoms with Gasteiger partial charge in [-0.15, -0.1) is 0 Å². The number of benzene rings is 2. The number of ether oxygens (including phenoxy) is 1. The topological polar surface area (TPSA) is 69.0 Å². The summed E-state index contributed by atoms with van der Waals surface area (Å²) in [6.07, 6.45) is 0. The zero-order chi connectivity index (χ0) is 18.3.